The molecule has 0 saturated heterocycles. The molecule has 0 amide bonds. The minimum Gasteiger partial charge on any atom is -0.398 e. The summed E-state index contributed by atoms with van der Waals surface area (Å²) in [7, 11) is 1.67. The normalized spacial score (nSPS) is 10.2. The molecular formula is C10H10N4O. The summed E-state index contributed by atoms with van der Waals surface area (Å²) in [6.45, 7) is 0. The molecule has 0 spiro atoms. The predicted molar refractivity (Wildman–Crippen MR) is 55.3 cm³/mol. The van der Waals surface area contributed by atoms with Gasteiger partial charge in [-0.25, -0.2) is 4.68 Å². The van der Waals surface area contributed by atoms with Crippen molar-refractivity contribution in [1.29, 1.82) is 0 Å². The average Bonchev–Trinajstić information content (AvgIpc) is 2.64. The van der Waals surface area contributed by atoms with Crippen LogP contribution < -0.4 is 5.73 Å². The lowest BCUT2D eigenvalue weighted by molar-refractivity contribution is 0.103. The third-order valence-electron chi connectivity index (χ3n) is 2.15. The zero-order valence-electron chi connectivity index (χ0n) is 8.21. The Labute approximate surface area is 86.5 Å². The van der Waals surface area contributed by atoms with Crippen molar-refractivity contribution in [2.24, 2.45) is 7.05 Å². The summed E-state index contributed by atoms with van der Waals surface area (Å²) in [4.78, 5) is 12.0. The van der Waals surface area contributed by atoms with Crippen molar-refractivity contribution >= 4 is 11.5 Å². The fourth-order valence-electron chi connectivity index (χ4n) is 1.34. The van der Waals surface area contributed by atoms with Crippen LogP contribution in [-0.4, -0.2) is 20.8 Å². The number of aryl methyl sites for hydroxylation is 1. The second-order valence-corrected chi connectivity index (χ2v) is 3.16. The average molecular weight is 202 g/mol. The minimum atomic E-state index is -0.166. The van der Waals surface area contributed by atoms with Crippen molar-refractivity contribution in [3.63, 3.8) is 0 Å². The standard InChI is InChI=1S/C10H10N4O/c1-14-9(6-12-13-14)10(15)7-4-2-3-5-8(7)11/h2-6H,11H2,1H3. The van der Waals surface area contributed by atoms with Crippen LogP contribution >= 0.6 is 0 Å². The van der Waals surface area contributed by atoms with E-state index in [-0.39, 0.29) is 5.78 Å². The Morgan fingerprint density at radius 1 is 1.40 bits per heavy atom. The number of carbonyl (C=O) groups excluding carboxylic acids is 1. The zero-order chi connectivity index (χ0) is 10.8. The molecule has 0 radical (unpaired) electrons. The molecule has 2 rings (SSSR count). The van der Waals surface area contributed by atoms with Crippen LogP contribution in [0.5, 0.6) is 0 Å². The van der Waals surface area contributed by atoms with Gasteiger partial charge in [0.1, 0.15) is 5.69 Å². The highest BCUT2D eigenvalue weighted by molar-refractivity contribution is 6.10. The van der Waals surface area contributed by atoms with Gasteiger partial charge >= 0.3 is 0 Å². The van der Waals surface area contributed by atoms with E-state index in [0.29, 0.717) is 16.9 Å². The highest BCUT2D eigenvalue weighted by Crippen LogP contribution is 2.14. The summed E-state index contributed by atoms with van der Waals surface area (Å²) in [5.41, 5.74) is 7.07. The van der Waals surface area contributed by atoms with Gasteiger partial charge in [0.25, 0.3) is 0 Å². The van der Waals surface area contributed by atoms with Gasteiger partial charge in [-0.3, -0.25) is 4.79 Å². The molecular weight excluding hydrogens is 192 g/mol. The largest absolute Gasteiger partial charge is 0.398 e. The van der Waals surface area contributed by atoms with Crippen LogP contribution in [0.1, 0.15) is 16.1 Å². The van der Waals surface area contributed by atoms with Crippen LogP contribution in [0.2, 0.25) is 0 Å². The van der Waals surface area contributed by atoms with E-state index in [4.69, 9.17) is 5.73 Å². The molecule has 76 valence electrons. The highest BCUT2D eigenvalue weighted by Gasteiger charge is 2.15. The highest BCUT2D eigenvalue weighted by atomic mass is 16.1. The molecule has 0 fully saturated rings. The first-order valence-electron chi connectivity index (χ1n) is 4.44. The number of hydrogen-bond acceptors (Lipinski definition) is 4. The summed E-state index contributed by atoms with van der Waals surface area (Å²) in [6, 6.07) is 6.93. The van der Waals surface area contributed by atoms with E-state index in [2.05, 4.69) is 10.3 Å². The van der Waals surface area contributed by atoms with Gasteiger partial charge in [-0.1, -0.05) is 17.3 Å². The summed E-state index contributed by atoms with van der Waals surface area (Å²) >= 11 is 0. The lowest BCUT2D eigenvalue weighted by Crippen LogP contribution is -2.10. The molecule has 1 heterocycles. The predicted octanol–water partition coefficient (Wildman–Crippen LogP) is 0.628. The number of nitrogens with zero attached hydrogens (tertiary/aromatic N) is 3. The van der Waals surface area contributed by atoms with E-state index in [9.17, 15) is 4.79 Å². The Morgan fingerprint density at radius 2 is 2.13 bits per heavy atom. The summed E-state index contributed by atoms with van der Waals surface area (Å²) in [6.07, 6.45) is 1.43. The summed E-state index contributed by atoms with van der Waals surface area (Å²) < 4.78 is 1.43. The van der Waals surface area contributed by atoms with Gasteiger partial charge in [0.2, 0.25) is 5.78 Å². The van der Waals surface area contributed by atoms with E-state index in [1.807, 2.05) is 0 Å². The molecule has 0 saturated carbocycles. The van der Waals surface area contributed by atoms with E-state index in [0.717, 1.165) is 0 Å². The molecule has 0 bridgehead atoms. The van der Waals surface area contributed by atoms with Crippen molar-refractivity contribution < 1.29 is 4.79 Å². The Hall–Kier alpha value is -2.17. The van der Waals surface area contributed by atoms with Crippen molar-refractivity contribution in [2.45, 2.75) is 0 Å². The Morgan fingerprint density at radius 3 is 2.73 bits per heavy atom. The van der Waals surface area contributed by atoms with Gasteiger partial charge in [0.05, 0.1) is 6.20 Å². The number of nitrogens with two attached hydrogens (primary N) is 1. The van der Waals surface area contributed by atoms with Gasteiger partial charge in [-0.2, -0.15) is 0 Å². The smallest absolute Gasteiger partial charge is 0.214 e. The number of aromatic nitrogens is 3. The van der Waals surface area contributed by atoms with Gasteiger partial charge in [-0.15, -0.1) is 5.10 Å². The van der Waals surface area contributed by atoms with E-state index in [1.165, 1.54) is 10.9 Å². The van der Waals surface area contributed by atoms with E-state index < -0.39 is 0 Å². The number of nitrogen functional groups attached to an aromatic ring is 1. The topological polar surface area (TPSA) is 73.8 Å². The molecule has 0 unspecified atom stereocenters. The molecule has 0 aliphatic carbocycles. The van der Waals surface area contributed by atoms with Gasteiger partial charge < -0.3 is 5.73 Å². The molecule has 5 nitrogen and oxygen atoms in total. The van der Waals surface area contributed by atoms with Crippen LogP contribution in [0.25, 0.3) is 0 Å². The number of ketones is 1. The molecule has 15 heavy (non-hydrogen) atoms. The van der Waals surface area contributed by atoms with Crippen LogP contribution in [0, 0.1) is 0 Å². The molecule has 1 aromatic heterocycles. The maximum atomic E-state index is 12.0. The first kappa shape index (κ1) is 9.39. The Kier molecular flexibility index (Phi) is 2.21. The van der Waals surface area contributed by atoms with Crippen molar-refractivity contribution in [2.75, 3.05) is 5.73 Å². The van der Waals surface area contributed by atoms with Crippen LogP contribution in [-0.2, 0) is 7.05 Å². The number of benzene rings is 1. The van der Waals surface area contributed by atoms with Crippen LogP contribution in [0.3, 0.4) is 0 Å². The number of rotatable bonds is 2. The first-order valence-corrected chi connectivity index (χ1v) is 4.44. The molecule has 0 aliphatic heterocycles. The summed E-state index contributed by atoms with van der Waals surface area (Å²) in [5.74, 6) is -0.166. The number of anilines is 1. The van der Waals surface area contributed by atoms with E-state index in [1.54, 1.807) is 31.3 Å². The maximum absolute atomic E-state index is 12.0. The SMILES string of the molecule is Cn1nncc1C(=O)c1ccccc1N. The lowest BCUT2D eigenvalue weighted by atomic mass is 10.1. The quantitative estimate of drug-likeness (QED) is 0.572. The molecule has 5 heteroatoms. The van der Waals surface area contributed by atoms with Crippen molar-refractivity contribution in [1.82, 2.24) is 15.0 Å². The van der Waals surface area contributed by atoms with Crippen molar-refractivity contribution in [3.05, 3.63) is 41.7 Å². The first-order chi connectivity index (χ1) is 7.20. The van der Waals surface area contributed by atoms with E-state index >= 15 is 0 Å². The second-order valence-electron chi connectivity index (χ2n) is 3.16. The third kappa shape index (κ3) is 1.59. The second kappa shape index (κ2) is 3.53. The van der Waals surface area contributed by atoms with Crippen LogP contribution in [0.4, 0.5) is 5.69 Å². The Balaban J connectivity index is 2.46. The van der Waals surface area contributed by atoms with Gasteiger partial charge in [0.15, 0.2) is 0 Å². The monoisotopic (exact) mass is 202 g/mol. The third-order valence-corrected chi connectivity index (χ3v) is 2.15. The number of hydrogen-bond donors (Lipinski definition) is 1. The molecule has 2 N–H and O–H groups in total. The zero-order valence-corrected chi connectivity index (χ0v) is 8.21. The molecule has 0 atom stereocenters. The Bertz CT molecular complexity index is 504. The fourth-order valence-corrected chi connectivity index (χ4v) is 1.34. The van der Waals surface area contributed by atoms with Crippen molar-refractivity contribution in [3.8, 4) is 0 Å². The number of carbonyl (C=O) groups is 1. The van der Waals surface area contributed by atoms with Crippen LogP contribution in [0.15, 0.2) is 30.5 Å². The van der Waals surface area contributed by atoms with Gasteiger partial charge in [0, 0.05) is 18.3 Å². The number of para-hydroxylation sites is 1. The maximum Gasteiger partial charge on any atom is 0.214 e. The fraction of sp³-hybridized carbons (Fsp3) is 0.100. The lowest BCUT2D eigenvalue weighted by Gasteiger charge is -2.03. The minimum absolute atomic E-state index is 0.166. The van der Waals surface area contributed by atoms with Gasteiger partial charge in [-0.05, 0) is 12.1 Å². The molecule has 2 aromatic rings. The molecule has 1 aromatic carbocycles. The summed E-state index contributed by atoms with van der Waals surface area (Å²) in [5, 5.41) is 7.35. The molecule has 0 aliphatic rings.